The third-order valence-corrected chi connectivity index (χ3v) is 5.51. The smallest absolute Gasteiger partial charge is 0.236 e. The van der Waals surface area contributed by atoms with Crippen LogP contribution in [0, 0.1) is 6.92 Å². The van der Waals surface area contributed by atoms with Crippen molar-refractivity contribution in [1.29, 1.82) is 0 Å². The fourth-order valence-electron chi connectivity index (χ4n) is 2.86. The number of thioether (sulfide) groups is 1. The Bertz CT molecular complexity index is 1130. The molecule has 0 saturated heterocycles. The molecule has 0 radical (unpaired) electrons. The van der Waals surface area contributed by atoms with E-state index in [-0.39, 0.29) is 17.7 Å². The van der Waals surface area contributed by atoms with Crippen molar-refractivity contribution in [2.75, 3.05) is 11.1 Å². The van der Waals surface area contributed by atoms with Gasteiger partial charge in [-0.2, -0.15) is 0 Å². The highest BCUT2D eigenvalue weighted by molar-refractivity contribution is 7.99. The van der Waals surface area contributed by atoms with Gasteiger partial charge in [0.25, 0.3) is 0 Å². The predicted octanol–water partition coefficient (Wildman–Crippen LogP) is 3.45. The highest BCUT2D eigenvalue weighted by Crippen LogP contribution is 2.29. The molecule has 1 aromatic carbocycles. The predicted molar refractivity (Wildman–Crippen MR) is 107 cm³/mol. The highest BCUT2D eigenvalue weighted by Gasteiger charge is 2.17. The molecule has 0 aliphatic carbocycles. The molecule has 0 unspecified atom stereocenters. The third-order valence-electron chi connectivity index (χ3n) is 3.92. The molecule has 10 heteroatoms. The van der Waals surface area contributed by atoms with E-state index in [0.29, 0.717) is 10.3 Å². The average molecular weight is 400 g/mol. The number of hydrogen-bond acceptors (Lipinski definition) is 8. The first kappa shape index (κ1) is 17.8. The van der Waals surface area contributed by atoms with E-state index in [9.17, 15) is 4.79 Å². The monoisotopic (exact) mass is 399 g/mol. The topological polar surface area (TPSA) is 98.5 Å². The van der Waals surface area contributed by atoms with Crippen LogP contribution >= 0.6 is 23.1 Å². The van der Waals surface area contributed by atoms with Gasteiger partial charge in [0.05, 0.1) is 11.3 Å². The van der Waals surface area contributed by atoms with Crippen molar-refractivity contribution in [3.05, 3.63) is 29.3 Å². The van der Waals surface area contributed by atoms with E-state index in [2.05, 4.69) is 55.2 Å². The number of rotatable bonds is 5. The molecule has 0 bridgehead atoms. The number of carbonyl (C=O) groups excluding carboxylic acids is 1. The summed E-state index contributed by atoms with van der Waals surface area (Å²) in [5.74, 6) is -0.00229. The molecule has 4 aromatic rings. The molecule has 0 spiro atoms. The first-order valence-electron chi connectivity index (χ1n) is 8.39. The molecule has 8 nitrogen and oxygen atoms in total. The molecule has 0 fully saturated rings. The number of nitrogens with one attached hydrogen (secondary N) is 1. The zero-order valence-electron chi connectivity index (χ0n) is 15.0. The van der Waals surface area contributed by atoms with Crippen LogP contribution in [0.3, 0.4) is 0 Å². The van der Waals surface area contributed by atoms with Gasteiger partial charge < -0.3 is 4.57 Å². The summed E-state index contributed by atoms with van der Waals surface area (Å²) in [5.41, 5.74) is 2.64. The minimum absolute atomic E-state index is 0.174. The largest absolute Gasteiger partial charge is 0.321 e. The zero-order chi connectivity index (χ0) is 19.0. The Morgan fingerprint density at radius 1 is 1.22 bits per heavy atom. The summed E-state index contributed by atoms with van der Waals surface area (Å²) >= 11 is 2.58. The van der Waals surface area contributed by atoms with E-state index in [1.807, 2.05) is 25.1 Å². The number of benzene rings is 1. The maximum Gasteiger partial charge on any atom is 0.236 e. The molecule has 3 aromatic heterocycles. The van der Waals surface area contributed by atoms with Crippen molar-refractivity contribution >= 4 is 56.2 Å². The van der Waals surface area contributed by atoms with Crippen molar-refractivity contribution < 1.29 is 4.79 Å². The Hall–Kier alpha value is -2.59. The van der Waals surface area contributed by atoms with Gasteiger partial charge in [0.1, 0.15) is 10.5 Å². The molecule has 1 N–H and O–H groups in total. The molecular weight excluding hydrogens is 382 g/mol. The van der Waals surface area contributed by atoms with Gasteiger partial charge >= 0.3 is 0 Å². The molecular formula is C17H17N7OS2. The first-order valence-corrected chi connectivity index (χ1v) is 10.2. The van der Waals surface area contributed by atoms with Crippen LogP contribution in [-0.4, -0.2) is 41.6 Å². The number of aryl methyl sites for hydroxylation is 1. The minimum atomic E-state index is -0.177. The Morgan fingerprint density at radius 2 is 2.04 bits per heavy atom. The van der Waals surface area contributed by atoms with E-state index in [4.69, 9.17) is 0 Å². The van der Waals surface area contributed by atoms with Gasteiger partial charge in [-0.15, -0.1) is 20.4 Å². The summed E-state index contributed by atoms with van der Waals surface area (Å²) in [6, 6.07) is 8.30. The van der Waals surface area contributed by atoms with Crippen LogP contribution in [0.2, 0.25) is 0 Å². The second kappa shape index (κ2) is 7.20. The molecule has 0 atom stereocenters. The lowest BCUT2D eigenvalue weighted by Gasteiger charge is -2.10. The van der Waals surface area contributed by atoms with Crippen LogP contribution in [0.1, 0.15) is 24.9 Å². The van der Waals surface area contributed by atoms with Crippen molar-refractivity contribution in [3.8, 4) is 0 Å². The normalized spacial score (nSPS) is 11.6. The van der Waals surface area contributed by atoms with Gasteiger partial charge in [-0.1, -0.05) is 41.3 Å². The number of nitrogens with zero attached hydrogens (tertiary/aromatic N) is 6. The summed E-state index contributed by atoms with van der Waals surface area (Å²) < 4.78 is 2.15. The number of aromatic nitrogens is 6. The van der Waals surface area contributed by atoms with Gasteiger partial charge in [0.15, 0.2) is 5.65 Å². The summed E-state index contributed by atoms with van der Waals surface area (Å²) in [5, 5.41) is 21.9. The van der Waals surface area contributed by atoms with Crippen LogP contribution in [0.4, 0.5) is 5.13 Å². The summed E-state index contributed by atoms with van der Waals surface area (Å²) in [4.78, 5) is 16.8. The Labute approximate surface area is 163 Å². The van der Waals surface area contributed by atoms with Crippen LogP contribution in [0.15, 0.2) is 29.4 Å². The molecule has 3 heterocycles. The lowest BCUT2D eigenvalue weighted by molar-refractivity contribution is -0.113. The van der Waals surface area contributed by atoms with Gasteiger partial charge in [0.2, 0.25) is 16.2 Å². The van der Waals surface area contributed by atoms with Gasteiger partial charge in [-0.25, -0.2) is 4.98 Å². The number of carbonyl (C=O) groups is 1. The zero-order valence-corrected chi connectivity index (χ0v) is 16.6. The number of amides is 1. The number of fused-ring (bicyclic) bond motifs is 3. The molecule has 4 rings (SSSR count). The molecule has 27 heavy (non-hydrogen) atoms. The maximum absolute atomic E-state index is 12.1. The lowest BCUT2D eigenvalue weighted by atomic mass is 10.2. The van der Waals surface area contributed by atoms with Gasteiger partial charge in [0, 0.05) is 11.4 Å². The molecule has 0 saturated carbocycles. The Kier molecular flexibility index (Phi) is 4.75. The molecule has 1 amide bonds. The molecule has 0 aliphatic rings. The van der Waals surface area contributed by atoms with Crippen LogP contribution in [-0.2, 0) is 4.79 Å². The summed E-state index contributed by atoms with van der Waals surface area (Å²) in [6.07, 6.45) is 0. The van der Waals surface area contributed by atoms with Gasteiger partial charge in [-0.3, -0.25) is 10.1 Å². The van der Waals surface area contributed by atoms with Crippen molar-refractivity contribution in [3.63, 3.8) is 0 Å². The molecule has 0 aliphatic heterocycles. The highest BCUT2D eigenvalue weighted by atomic mass is 32.2. The lowest BCUT2D eigenvalue weighted by Crippen LogP contribution is -2.14. The Morgan fingerprint density at radius 3 is 2.78 bits per heavy atom. The third kappa shape index (κ3) is 3.50. The number of hydrogen-bond donors (Lipinski definition) is 1. The minimum Gasteiger partial charge on any atom is -0.321 e. The van der Waals surface area contributed by atoms with E-state index >= 15 is 0 Å². The fourth-order valence-corrected chi connectivity index (χ4v) is 4.05. The van der Waals surface area contributed by atoms with E-state index in [1.54, 1.807) is 0 Å². The van der Waals surface area contributed by atoms with E-state index in [0.717, 1.165) is 27.1 Å². The second-order valence-electron chi connectivity index (χ2n) is 6.21. The standard InChI is InChI=1S/C17H17N7OS2/c1-9(2)24-12-7-5-4-6-11(12)14-15(24)19-16(22-21-14)26-8-13(25)18-17-23-20-10(3)27-17/h4-7,9H,8H2,1-3H3,(H,18,23,25). The van der Waals surface area contributed by atoms with E-state index in [1.165, 1.54) is 23.1 Å². The van der Waals surface area contributed by atoms with Crippen LogP contribution < -0.4 is 5.32 Å². The number of anilines is 1. The van der Waals surface area contributed by atoms with Gasteiger partial charge in [-0.05, 0) is 26.8 Å². The Balaban J connectivity index is 1.58. The van der Waals surface area contributed by atoms with Crippen molar-refractivity contribution in [2.24, 2.45) is 0 Å². The van der Waals surface area contributed by atoms with Crippen LogP contribution in [0.5, 0.6) is 0 Å². The number of para-hydroxylation sites is 1. The van der Waals surface area contributed by atoms with E-state index < -0.39 is 0 Å². The van der Waals surface area contributed by atoms with Crippen molar-refractivity contribution in [1.82, 2.24) is 29.9 Å². The second-order valence-corrected chi connectivity index (χ2v) is 8.33. The SMILES string of the molecule is Cc1nnc(NC(=O)CSc2nnc3c4ccccc4n(C(C)C)c3n2)s1. The summed E-state index contributed by atoms with van der Waals surface area (Å²) in [7, 11) is 0. The average Bonchev–Trinajstić information content (AvgIpc) is 3.20. The fraction of sp³-hybridized carbons (Fsp3) is 0.294. The quantitative estimate of drug-likeness (QED) is 0.513. The molecule has 138 valence electrons. The summed E-state index contributed by atoms with van der Waals surface area (Å²) in [6.45, 7) is 6.06. The van der Waals surface area contributed by atoms with Crippen molar-refractivity contribution in [2.45, 2.75) is 32.0 Å². The first-order chi connectivity index (χ1) is 13.0. The van der Waals surface area contributed by atoms with Crippen LogP contribution in [0.25, 0.3) is 22.1 Å². The maximum atomic E-state index is 12.1.